The Hall–Kier alpha value is -3.07. The minimum atomic E-state index is -0.399. The van der Waals surface area contributed by atoms with Crippen LogP contribution < -0.4 is 10.9 Å². The number of rotatable bonds is 6. The molecule has 0 aromatic heterocycles. The molecule has 0 aliphatic heterocycles. The van der Waals surface area contributed by atoms with Gasteiger partial charge in [-0.2, -0.15) is 5.26 Å². The molecule has 0 saturated heterocycles. The summed E-state index contributed by atoms with van der Waals surface area (Å²) in [5.41, 5.74) is 6.61. The molecule has 0 bridgehead atoms. The van der Waals surface area contributed by atoms with Crippen molar-refractivity contribution < 1.29 is 9.59 Å². The zero-order chi connectivity index (χ0) is 15.7. The zero-order valence-electron chi connectivity index (χ0n) is 11.8. The number of nitrogens with one attached hydrogen (secondary N) is 2. The van der Waals surface area contributed by atoms with Gasteiger partial charge in [-0.15, -0.1) is 0 Å². The van der Waals surface area contributed by atoms with Crippen LogP contribution in [0, 0.1) is 11.3 Å². The number of carbonyl (C=O) groups is 2. The van der Waals surface area contributed by atoms with E-state index >= 15 is 0 Å². The van der Waals surface area contributed by atoms with Crippen molar-refractivity contribution in [3.8, 4) is 6.07 Å². The lowest BCUT2D eigenvalue weighted by molar-refractivity contribution is -0.116. The second-order valence-corrected chi connectivity index (χ2v) is 4.13. The second kappa shape index (κ2) is 8.17. The van der Waals surface area contributed by atoms with Crippen molar-refractivity contribution in [2.45, 2.75) is 6.92 Å². The first-order valence-electron chi connectivity index (χ1n) is 6.19. The average Bonchev–Trinajstić information content (AvgIpc) is 2.52. The molecule has 2 N–H and O–H groups in total. The van der Waals surface area contributed by atoms with Gasteiger partial charge in [0.25, 0.3) is 5.91 Å². The summed E-state index contributed by atoms with van der Waals surface area (Å²) in [6.45, 7) is 1.77. The van der Waals surface area contributed by atoms with Crippen molar-refractivity contribution in [3.05, 3.63) is 53.8 Å². The highest BCUT2D eigenvalue weighted by Gasteiger charge is 2.07. The molecule has 1 rings (SSSR count). The molecule has 0 fully saturated rings. The highest BCUT2D eigenvalue weighted by Crippen LogP contribution is 2.08. The molecule has 0 unspecified atom stereocenters. The fourth-order valence-electron chi connectivity index (χ4n) is 1.47. The number of hydrazine groups is 1. The maximum absolute atomic E-state index is 12.0. The van der Waals surface area contributed by atoms with E-state index in [9.17, 15) is 9.59 Å². The number of benzene rings is 1. The molecular weight excluding hydrogens is 268 g/mol. The Balaban J connectivity index is 2.76. The third-order valence-electron chi connectivity index (χ3n) is 2.43. The Morgan fingerprint density at radius 2 is 2.19 bits per heavy atom. The molecule has 1 aromatic carbocycles. The van der Waals surface area contributed by atoms with Gasteiger partial charge in [0.1, 0.15) is 0 Å². The molecule has 0 spiro atoms. The van der Waals surface area contributed by atoms with Crippen LogP contribution in [0.2, 0.25) is 0 Å². The lowest BCUT2D eigenvalue weighted by Crippen LogP contribution is -2.31. The van der Waals surface area contributed by atoms with Gasteiger partial charge in [0.2, 0.25) is 6.41 Å². The van der Waals surface area contributed by atoms with Crippen molar-refractivity contribution >= 4 is 18.0 Å². The second-order valence-electron chi connectivity index (χ2n) is 4.13. The van der Waals surface area contributed by atoms with E-state index in [1.165, 1.54) is 18.1 Å². The van der Waals surface area contributed by atoms with Gasteiger partial charge in [-0.25, -0.2) is 0 Å². The fourth-order valence-corrected chi connectivity index (χ4v) is 1.47. The third-order valence-corrected chi connectivity index (χ3v) is 2.43. The van der Waals surface area contributed by atoms with Gasteiger partial charge in [0, 0.05) is 13.2 Å². The van der Waals surface area contributed by atoms with Crippen LogP contribution in [0.25, 0.3) is 0 Å². The Morgan fingerprint density at radius 3 is 2.81 bits per heavy atom. The fraction of sp³-hybridized carbons (Fsp3) is 0.133. The lowest BCUT2D eigenvalue weighted by Gasteiger charge is -2.11. The van der Waals surface area contributed by atoms with Crippen LogP contribution in [0.4, 0.5) is 5.69 Å². The summed E-state index contributed by atoms with van der Waals surface area (Å²) >= 11 is 0. The minimum absolute atomic E-state index is 0.316. The highest BCUT2D eigenvalue weighted by atomic mass is 16.2. The first kappa shape index (κ1) is 16.0. The van der Waals surface area contributed by atoms with Gasteiger partial charge in [0.15, 0.2) is 0 Å². The molecule has 21 heavy (non-hydrogen) atoms. The summed E-state index contributed by atoms with van der Waals surface area (Å²) in [4.78, 5) is 23.8. The molecule has 0 aliphatic carbocycles. The number of allylic oxidation sites excluding steroid dienone is 1. The van der Waals surface area contributed by atoms with Crippen LogP contribution in [0.5, 0.6) is 0 Å². The predicted octanol–water partition coefficient (Wildman–Crippen LogP) is 1.55. The highest BCUT2D eigenvalue weighted by molar-refractivity contribution is 5.96. The van der Waals surface area contributed by atoms with E-state index in [-0.39, 0.29) is 0 Å². The summed E-state index contributed by atoms with van der Waals surface area (Å²) in [5.74, 6) is -0.399. The Morgan fingerprint density at radius 1 is 1.43 bits per heavy atom. The normalized spacial score (nSPS) is 10.8. The van der Waals surface area contributed by atoms with Crippen molar-refractivity contribution in [2.75, 3.05) is 12.5 Å². The van der Waals surface area contributed by atoms with E-state index in [1.807, 2.05) is 6.07 Å². The van der Waals surface area contributed by atoms with Crippen LogP contribution in [0.15, 0.2) is 48.2 Å². The number of amides is 2. The Labute approximate surface area is 123 Å². The van der Waals surface area contributed by atoms with Crippen LogP contribution in [-0.4, -0.2) is 24.3 Å². The maximum atomic E-state index is 12.0. The van der Waals surface area contributed by atoms with E-state index in [4.69, 9.17) is 5.26 Å². The van der Waals surface area contributed by atoms with E-state index in [1.54, 1.807) is 43.3 Å². The summed E-state index contributed by atoms with van der Waals surface area (Å²) in [5, 5.41) is 8.80. The first-order valence-corrected chi connectivity index (χ1v) is 6.19. The van der Waals surface area contributed by atoms with Gasteiger partial charge in [-0.05, 0) is 25.1 Å². The minimum Gasteiger partial charge on any atom is -0.324 e. The number of anilines is 1. The molecule has 0 heterocycles. The molecule has 0 atom stereocenters. The van der Waals surface area contributed by atoms with Gasteiger partial charge in [-0.3, -0.25) is 20.4 Å². The average molecular weight is 284 g/mol. The quantitative estimate of drug-likeness (QED) is 0.359. The monoisotopic (exact) mass is 284 g/mol. The van der Waals surface area contributed by atoms with Crippen molar-refractivity contribution in [1.82, 2.24) is 10.3 Å². The van der Waals surface area contributed by atoms with Gasteiger partial charge >= 0.3 is 0 Å². The number of nitriles is 1. The SMILES string of the molecule is C/C=C\C(=C/N(C)C=O)C(=O)NNc1cccc(C#N)c1. The summed E-state index contributed by atoms with van der Waals surface area (Å²) in [7, 11) is 1.54. The first-order chi connectivity index (χ1) is 10.1. The van der Waals surface area contributed by atoms with E-state index in [0.29, 0.717) is 23.2 Å². The van der Waals surface area contributed by atoms with Crippen LogP contribution in [-0.2, 0) is 9.59 Å². The Kier molecular flexibility index (Phi) is 6.22. The van der Waals surface area contributed by atoms with E-state index in [2.05, 4.69) is 10.9 Å². The molecule has 6 heteroatoms. The van der Waals surface area contributed by atoms with Crippen molar-refractivity contribution in [3.63, 3.8) is 0 Å². The summed E-state index contributed by atoms with van der Waals surface area (Å²) in [6.07, 6.45) is 5.29. The number of hydrogen-bond donors (Lipinski definition) is 2. The van der Waals surface area contributed by atoms with Gasteiger partial charge in [0.05, 0.1) is 22.9 Å². The maximum Gasteiger partial charge on any atom is 0.271 e. The summed E-state index contributed by atoms with van der Waals surface area (Å²) < 4.78 is 0. The molecule has 1 aromatic rings. The van der Waals surface area contributed by atoms with E-state index in [0.717, 1.165) is 0 Å². The smallest absolute Gasteiger partial charge is 0.271 e. The van der Waals surface area contributed by atoms with Crippen LogP contribution >= 0.6 is 0 Å². The van der Waals surface area contributed by atoms with Crippen LogP contribution in [0.1, 0.15) is 12.5 Å². The molecule has 0 aliphatic rings. The van der Waals surface area contributed by atoms with E-state index < -0.39 is 5.91 Å². The number of hydrogen-bond acceptors (Lipinski definition) is 4. The topological polar surface area (TPSA) is 85.2 Å². The molecule has 108 valence electrons. The summed E-state index contributed by atoms with van der Waals surface area (Å²) in [6, 6.07) is 8.71. The predicted molar refractivity (Wildman–Crippen MR) is 79.6 cm³/mol. The van der Waals surface area contributed by atoms with Crippen molar-refractivity contribution in [2.24, 2.45) is 0 Å². The van der Waals surface area contributed by atoms with Gasteiger partial charge < -0.3 is 4.90 Å². The third kappa shape index (κ3) is 5.20. The standard InChI is InChI=1S/C15H16N4O2/c1-3-5-13(10-19(2)11-20)15(21)18-17-14-7-4-6-12(8-14)9-16/h3-8,10-11,17H,1-2H3,(H,18,21)/b5-3-,13-10+. The van der Waals surface area contributed by atoms with Gasteiger partial charge in [-0.1, -0.05) is 18.2 Å². The lowest BCUT2D eigenvalue weighted by atomic mass is 10.2. The molecule has 0 saturated carbocycles. The molecule has 6 nitrogen and oxygen atoms in total. The molecular formula is C15H16N4O2. The number of nitrogens with zero attached hydrogens (tertiary/aromatic N) is 2. The largest absolute Gasteiger partial charge is 0.324 e. The molecule has 0 radical (unpaired) electrons. The van der Waals surface area contributed by atoms with Crippen molar-refractivity contribution in [1.29, 1.82) is 5.26 Å². The number of carbonyl (C=O) groups excluding carboxylic acids is 2. The van der Waals surface area contributed by atoms with Crippen LogP contribution in [0.3, 0.4) is 0 Å². The zero-order valence-corrected chi connectivity index (χ0v) is 11.8. The molecule has 2 amide bonds. The Bertz CT molecular complexity index is 614.